The number of unbranched alkanes of at least 4 members (excludes halogenated alkanes) is 7. The maximum atomic E-state index is 10.4. The van der Waals surface area contributed by atoms with E-state index in [-0.39, 0.29) is 5.91 Å². The minimum atomic E-state index is -0.195. The van der Waals surface area contributed by atoms with Crippen molar-refractivity contribution in [2.24, 2.45) is 5.73 Å². The molecule has 0 aliphatic heterocycles. The molecule has 0 aromatic rings. The van der Waals surface area contributed by atoms with Crippen molar-refractivity contribution >= 4 is 5.91 Å². The fourth-order valence-corrected chi connectivity index (χ4v) is 1.39. The lowest BCUT2D eigenvalue weighted by Gasteiger charge is -1.99. The van der Waals surface area contributed by atoms with E-state index >= 15 is 0 Å². The quantitative estimate of drug-likeness (QED) is 0.576. The number of rotatable bonds is 9. The Bertz CT molecular complexity index is 184. The van der Waals surface area contributed by atoms with Gasteiger partial charge in [-0.3, -0.25) is 4.79 Å². The molecule has 1 amide bonds. The van der Waals surface area contributed by atoms with Crippen molar-refractivity contribution in [3.05, 3.63) is 0 Å². The summed E-state index contributed by atoms with van der Waals surface area (Å²) in [5.41, 5.74) is 5.02. The van der Waals surface area contributed by atoms with Crippen LogP contribution in [0.4, 0.5) is 0 Å². The third-order valence-electron chi connectivity index (χ3n) is 2.21. The van der Waals surface area contributed by atoms with Gasteiger partial charge in [-0.1, -0.05) is 32.1 Å². The van der Waals surface area contributed by atoms with Gasteiger partial charge in [-0.2, -0.15) is 5.26 Å². The zero-order valence-electron chi connectivity index (χ0n) is 8.80. The molecule has 0 aromatic heterocycles. The van der Waals surface area contributed by atoms with Gasteiger partial charge in [0.2, 0.25) is 5.91 Å². The van der Waals surface area contributed by atoms with Crippen LogP contribution in [-0.2, 0) is 4.79 Å². The molecule has 0 bridgehead atoms. The highest BCUT2D eigenvalue weighted by atomic mass is 16.1. The number of amides is 1. The van der Waals surface area contributed by atoms with Crippen LogP contribution in [0, 0.1) is 11.3 Å². The molecule has 0 rings (SSSR count). The molecule has 0 saturated heterocycles. The van der Waals surface area contributed by atoms with Gasteiger partial charge >= 0.3 is 0 Å². The highest BCUT2D eigenvalue weighted by Gasteiger charge is 1.94. The predicted octanol–water partition coefficient (Wildman–Crippen LogP) is 2.51. The molecule has 0 radical (unpaired) electrons. The van der Waals surface area contributed by atoms with Crippen molar-refractivity contribution in [2.45, 2.75) is 57.8 Å². The minimum Gasteiger partial charge on any atom is -0.370 e. The smallest absolute Gasteiger partial charge is 0.217 e. The van der Waals surface area contributed by atoms with E-state index in [1.807, 2.05) is 0 Å². The van der Waals surface area contributed by atoms with Crippen molar-refractivity contribution in [2.75, 3.05) is 0 Å². The molecule has 0 spiro atoms. The van der Waals surface area contributed by atoms with E-state index < -0.39 is 0 Å². The van der Waals surface area contributed by atoms with E-state index in [1.165, 1.54) is 19.3 Å². The Kier molecular flexibility index (Phi) is 9.30. The number of carbonyl (C=O) groups is 1. The molecule has 0 unspecified atom stereocenters. The summed E-state index contributed by atoms with van der Waals surface area (Å²) in [5, 5.41) is 8.30. The molecule has 2 N–H and O–H groups in total. The van der Waals surface area contributed by atoms with E-state index in [1.54, 1.807) is 0 Å². The van der Waals surface area contributed by atoms with Gasteiger partial charge in [0.1, 0.15) is 0 Å². The van der Waals surface area contributed by atoms with Crippen LogP contribution in [0.5, 0.6) is 0 Å². The second kappa shape index (κ2) is 10.0. The van der Waals surface area contributed by atoms with Crippen LogP contribution in [0.2, 0.25) is 0 Å². The molecule has 3 nitrogen and oxygen atoms in total. The zero-order valence-corrected chi connectivity index (χ0v) is 8.80. The first-order valence-electron chi connectivity index (χ1n) is 5.42. The molecule has 14 heavy (non-hydrogen) atoms. The van der Waals surface area contributed by atoms with Gasteiger partial charge in [-0.15, -0.1) is 0 Å². The van der Waals surface area contributed by atoms with Gasteiger partial charge < -0.3 is 5.73 Å². The number of hydrogen-bond acceptors (Lipinski definition) is 2. The Hall–Kier alpha value is -1.04. The van der Waals surface area contributed by atoms with Gasteiger partial charge in [-0.05, 0) is 12.8 Å². The monoisotopic (exact) mass is 196 g/mol. The van der Waals surface area contributed by atoms with Crippen LogP contribution in [0.25, 0.3) is 0 Å². The van der Waals surface area contributed by atoms with Gasteiger partial charge in [0.25, 0.3) is 0 Å². The van der Waals surface area contributed by atoms with Crippen LogP contribution in [0.3, 0.4) is 0 Å². The topological polar surface area (TPSA) is 66.9 Å². The zero-order chi connectivity index (χ0) is 10.6. The third kappa shape index (κ3) is 11.0. The lowest BCUT2D eigenvalue weighted by molar-refractivity contribution is -0.118. The number of nitrogens with zero attached hydrogens (tertiary/aromatic N) is 1. The fourth-order valence-electron chi connectivity index (χ4n) is 1.39. The summed E-state index contributed by atoms with van der Waals surface area (Å²) in [6.07, 6.45) is 9.01. The van der Waals surface area contributed by atoms with E-state index in [0.717, 1.165) is 25.7 Å². The molecule has 0 atom stereocenters. The molecule has 0 heterocycles. The molecule has 0 fully saturated rings. The molecule has 3 heteroatoms. The number of nitrogens with two attached hydrogens (primary N) is 1. The summed E-state index contributed by atoms with van der Waals surface area (Å²) < 4.78 is 0. The number of primary amides is 1. The van der Waals surface area contributed by atoms with Crippen molar-refractivity contribution < 1.29 is 4.79 Å². The molecule has 0 aliphatic rings. The maximum Gasteiger partial charge on any atom is 0.217 e. The first-order valence-corrected chi connectivity index (χ1v) is 5.42. The van der Waals surface area contributed by atoms with Gasteiger partial charge in [-0.25, -0.2) is 0 Å². The van der Waals surface area contributed by atoms with Crippen LogP contribution >= 0.6 is 0 Å². The summed E-state index contributed by atoms with van der Waals surface area (Å²) >= 11 is 0. The highest BCUT2D eigenvalue weighted by Crippen LogP contribution is 2.09. The van der Waals surface area contributed by atoms with Crippen molar-refractivity contribution in [1.82, 2.24) is 0 Å². The average molecular weight is 196 g/mol. The van der Waals surface area contributed by atoms with Gasteiger partial charge in [0.15, 0.2) is 0 Å². The van der Waals surface area contributed by atoms with Crippen molar-refractivity contribution in [3.63, 3.8) is 0 Å². The minimum absolute atomic E-state index is 0.195. The lowest BCUT2D eigenvalue weighted by Crippen LogP contribution is -2.09. The van der Waals surface area contributed by atoms with E-state index in [0.29, 0.717) is 12.8 Å². The van der Waals surface area contributed by atoms with Crippen LogP contribution in [0.15, 0.2) is 0 Å². The summed E-state index contributed by atoms with van der Waals surface area (Å²) in [7, 11) is 0. The fraction of sp³-hybridized carbons (Fsp3) is 0.818. The number of hydrogen-bond donors (Lipinski definition) is 1. The summed E-state index contributed by atoms with van der Waals surface area (Å²) in [5.74, 6) is -0.195. The van der Waals surface area contributed by atoms with Crippen LogP contribution < -0.4 is 5.73 Å². The molecule has 0 aromatic carbocycles. The van der Waals surface area contributed by atoms with E-state index in [9.17, 15) is 4.79 Å². The largest absolute Gasteiger partial charge is 0.370 e. The first-order chi connectivity index (χ1) is 6.77. The lowest BCUT2D eigenvalue weighted by atomic mass is 10.1. The van der Waals surface area contributed by atoms with Crippen molar-refractivity contribution in [1.29, 1.82) is 5.26 Å². The van der Waals surface area contributed by atoms with Crippen molar-refractivity contribution in [3.8, 4) is 6.07 Å². The predicted molar refractivity (Wildman–Crippen MR) is 56.4 cm³/mol. The Morgan fingerprint density at radius 3 is 2.00 bits per heavy atom. The maximum absolute atomic E-state index is 10.4. The van der Waals surface area contributed by atoms with Gasteiger partial charge in [0.05, 0.1) is 6.07 Å². The van der Waals surface area contributed by atoms with E-state index in [2.05, 4.69) is 6.07 Å². The molecule has 0 saturated carbocycles. The summed E-state index contributed by atoms with van der Waals surface area (Å²) in [6, 6.07) is 2.14. The summed E-state index contributed by atoms with van der Waals surface area (Å²) in [6.45, 7) is 0. The second-order valence-electron chi connectivity index (χ2n) is 3.60. The normalized spacial score (nSPS) is 9.64. The Balaban J connectivity index is 2.93. The Morgan fingerprint density at radius 1 is 1.00 bits per heavy atom. The first kappa shape index (κ1) is 13.0. The van der Waals surface area contributed by atoms with Crippen LogP contribution in [0.1, 0.15) is 57.8 Å². The molecule has 0 aliphatic carbocycles. The highest BCUT2D eigenvalue weighted by molar-refractivity contribution is 5.73. The number of nitriles is 1. The Labute approximate surface area is 86.3 Å². The van der Waals surface area contributed by atoms with Gasteiger partial charge in [0, 0.05) is 12.8 Å². The number of carbonyl (C=O) groups excluding carboxylic acids is 1. The Morgan fingerprint density at radius 2 is 1.50 bits per heavy atom. The van der Waals surface area contributed by atoms with E-state index in [4.69, 9.17) is 11.0 Å². The standard InChI is InChI=1S/C11H20N2O/c12-10-8-6-4-2-1-3-5-7-9-11(13)14/h1-9H2,(H2,13,14). The third-order valence-corrected chi connectivity index (χ3v) is 2.21. The van der Waals surface area contributed by atoms with Crippen LogP contribution in [-0.4, -0.2) is 5.91 Å². The molecule has 80 valence electrons. The SMILES string of the molecule is N#CCCCCCCCCCC(N)=O. The average Bonchev–Trinajstić information content (AvgIpc) is 2.15. The second-order valence-corrected chi connectivity index (χ2v) is 3.60. The summed E-state index contributed by atoms with van der Waals surface area (Å²) in [4.78, 5) is 10.4. The molecular formula is C11H20N2O. The molecular weight excluding hydrogens is 176 g/mol.